The maximum atomic E-state index is 12.5. The normalized spacial score (nSPS) is 12.7. The molecule has 23 heavy (non-hydrogen) atoms. The third kappa shape index (κ3) is 4.41. The van der Waals surface area contributed by atoms with Crippen molar-refractivity contribution < 1.29 is 8.42 Å². The predicted molar refractivity (Wildman–Crippen MR) is 95.1 cm³/mol. The van der Waals surface area contributed by atoms with E-state index in [0.717, 1.165) is 10.0 Å². The quantitative estimate of drug-likeness (QED) is 0.562. The number of nitrogens with zero attached hydrogens (tertiary/aromatic N) is 1. The summed E-state index contributed by atoms with van der Waals surface area (Å²) in [6, 6.07) is 17.5. The van der Waals surface area contributed by atoms with Crippen LogP contribution in [0.5, 0.6) is 0 Å². The molecule has 0 atom stereocenters. The number of hydrogen-bond donors (Lipinski definition) is 0. The highest BCUT2D eigenvalue weighted by Gasteiger charge is 2.20. The van der Waals surface area contributed by atoms with E-state index in [1.54, 1.807) is 25.1 Å². The van der Waals surface area contributed by atoms with Crippen LogP contribution >= 0.6 is 15.9 Å². The fourth-order valence-electron chi connectivity index (χ4n) is 1.97. The topological polar surface area (TPSA) is 57.9 Å². The molecule has 0 fully saturated rings. The Bertz CT molecular complexity index is 890. The lowest BCUT2D eigenvalue weighted by atomic mass is 10.1. The van der Waals surface area contributed by atoms with Gasteiger partial charge < -0.3 is 0 Å². The second-order valence-electron chi connectivity index (χ2n) is 4.88. The van der Waals surface area contributed by atoms with Gasteiger partial charge in [-0.05, 0) is 48.4 Å². The number of allylic oxidation sites excluding steroid dienone is 3. The third-order valence-corrected chi connectivity index (χ3v) is 5.29. The van der Waals surface area contributed by atoms with Gasteiger partial charge in [-0.15, -0.1) is 0 Å². The molecular formula is C18H14BrNO2S. The van der Waals surface area contributed by atoms with Gasteiger partial charge in [-0.1, -0.05) is 52.3 Å². The average Bonchev–Trinajstić information content (AvgIpc) is 2.53. The number of halogens is 1. The zero-order chi connectivity index (χ0) is 16.9. The summed E-state index contributed by atoms with van der Waals surface area (Å²) in [5.41, 5.74) is 1.63. The molecule has 0 aromatic heterocycles. The maximum Gasteiger partial charge on any atom is 0.216 e. The highest BCUT2D eigenvalue weighted by atomic mass is 79.9. The van der Waals surface area contributed by atoms with Crippen LogP contribution in [0.1, 0.15) is 12.5 Å². The Morgan fingerprint density at radius 2 is 1.70 bits per heavy atom. The van der Waals surface area contributed by atoms with E-state index < -0.39 is 9.84 Å². The van der Waals surface area contributed by atoms with Gasteiger partial charge in [0.25, 0.3) is 0 Å². The molecule has 2 aromatic carbocycles. The Morgan fingerprint density at radius 3 is 2.26 bits per heavy atom. The molecule has 0 amide bonds. The standard InChI is InChI=1S/C18H14BrNO2S/c1-14(11-15-5-3-2-4-6-15)12-18(13-20)23(21,22)17-9-7-16(19)8-10-17/h2-12H,1H3/b14-11+,18-12?. The van der Waals surface area contributed by atoms with Gasteiger partial charge in [0.1, 0.15) is 11.0 Å². The maximum absolute atomic E-state index is 12.5. The fourth-order valence-corrected chi connectivity index (χ4v) is 3.45. The summed E-state index contributed by atoms with van der Waals surface area (Å²) in [5, 5.41) is 9.26. The van der Waals surface area contributed by atoms with Crippen LogP contribution in [0.3, 0.4) is 0 Å². The first-order valence-electron chi connectivity index (χ1n) is 6.79. The predicted octanol–water partition coefficient (Wildman–Crippen LogP) is 4.73. The number of benzene rings is 2. The van der Waals surface area contributed by atoms with Gasteiger partial charge in [-0.2, -0.15) is 5.26 Å². The highest BCUT2D eigenvalue weighted by molar-refractivity contribution is 9.10. The van der Waals surface area contributed by atoms with Crippen molar-refractivity contribution >= 4 is 31.8 Å². The molecule has 0 saturated carbocycles. The van der Waals surface area contributed by atoms with Gasteiger partial charge in [0, 0.05) is 4.47 Å². The lowest BCUT2D eigenvalue weighted by molar-refractivity contribution is 0.603. The van der Waals surface area contributed by atoms with Crippen molar-refractivity contribution in [2.45, 2.75) is 11.8 Å². The molecule has 0 aliphatic rings. The lowest BCUT2D eigenvalue weighted by Crippen LogP contribution is -2.03. The molecule has 0 aliphatic carbocycles. The van der Waals surface area contributed by atoms with Crippen LogP contribution in [0.2, 0.25) is 0 Å². The minimum absolute atomic E-state index is 0.0982. The number of nitriles is 1. The highest BCUT2D eigenvalue weighted by Crippen LogP contribution is 2.22. The molecular weight excluding hydrogens is 374 g/mol. The van der Waals surface area contributed by atoms with E-state index in [2.05, 4.69) is 15.9 Å². The van der Waals surface area contributed by atoms with Crippen molar-refractivity contribution in [3.8, 4) is 6.07 Å². The molecule has 0 N–H and O–H groups in total. The first-order chi connectivity index (χ1) is 10.9. The zero-order valence-corrected chi connectivity index (χ0v) is 14.8. The molecule has 116 valence electrons. The van der Waals surface area contributed by atoms with E-state index in [-0.39, 0.29) is 9.80 Å². The van der Waals surface area contributed by atoms with Crippen LogP contribution in [0.4, 0.5) is 0 Å². The van der Waals surface area contributed by atoms with Gasteiger partial charge in [0.05, 0.1) is 4.90 Å². The number of rotatable bonds is 4. The number of sulfone groups is 1. The van der Waals surface area contributed by atoms with E-state index in [9.17, 15) is 13.7 Å². The molecule has 0 spiro atoms. The summed E-state index contributed by atoms with van der Waals surface area (Å²) < 4.78 is 25.8. The van der Waals surface area contributed by atoms with E-state index in [1.165, 1.54) is 18.2 Å². The van der Waals surface area contributed by atoms with E-state index in [1.807, 2.05) is 36.4 Å². The Hall–Kier alpha value is -2.16. The third-order valence-electron chi connectivity index (χ3n) is 3.08. The van der Waals surface area contributed by atoms with Crippen LogP contribution in [0.25, 0.3) is 6.08 Å². The summed E-state index contributed by atoms with van der Waals surface area (Å²) in [7, 11) is -3.82. The van der Waals surface area contributed by atoms with E-state index in [4.69, 9.17) is 0 Å². The van der Waals surface area contributed by atoms with Crippen molar-refractivity contribution in [3.63, 3.8) is 0 Å². The van der Waals surface area contributed by atoms with Crippen LogP contribution in [-0.2, 0) is 9.84 Å². The van der Waals surface area contributed by atoms with E-state index in [0.29, 0.717) is 5.57 Å². The van der Waals surface area contributed by atoms with Gasteiger partial charge in [-0.25, -0.2) is 8.42 Å². The minimum Gasteiger partial charge on any atom is -0.218 e. The fraction of sp³-hybridized carbons (Fsp3) is 0.0556. The SMILES string of the molecule is C/C(C=C(C#N)S(=O)(=O)c1ccc(Br)cc1)=C\c1ccccc1. The van der Waals surface area contributed by atoms with Crippen molar-refractivity contribution in [1.29, 1.82) is 5.26 Å². The summed E-state index contributed by atoms with van der Waals surface area (Å²) in [6.45, 7) is 1.77. The second-order valence-corrected chi connectivity index (χ2v) is 7.71. The second kappa shape index (κ2) is 7.40. The molecule has 0 bridgehead atoms. The molecule has 0 unspecified atom stereocenters. The van der Waals surface area contributed by atoms with E-state index >= 15 is 0 Å². The van der Waals surface area contributed by atoms with Gasteiger partial charge >= 0.3 is 0 Å². The van der Waals surface area contributed by atoms with Crippen LogP contribution < -0.4 is 0 Å². The first-order valence-corrected chi connectivity index (χ1v) is 9.07. The Kier molecular flexibility index (Phi) is 5.54. The smallest absolute Gasteiger partial charge is 0.216 e. The van der Waals surface area contributed by atoms with Crippen LogP contribution in [-0.4, -0.2) is 8.42 Å². The largest absolute Gasteiger partial charge is 0.218 e. The summed E-state index contributed by atoms with van der Waals surface area (Å²) in [4.78, 5) is -0.175. The van der Waals surface area contributed by atoms with Crippen molar-refractivity contribution in [2.75, 3.05) is 0 Å². The monoisotopic (exact) mass is 387 g/mol. The van der Waals surface area contributed by atoms with Crippen molar-refractivity contribution in [3.05, 3.63) is 81.2 Å². The minimum atomic E-state index is -3.82. The zero-order valence-electron chi connectivity index (χ0n) is 12.4. The molecule has 3 nitrogen and oxygen atoms in total. The summed E-state index contributed by atoms with van der Waals surface area (Å²) >= 11 is 3.26. The molecule has 0 radical (unpaired) electrons. The van der Waals surface area contributed by atoms with Crippen LogP contribution in [0, 0.1) is 11.3 Å². The van der Waals surface area contributed by atoms with Crippen LogP contribution in [0.15, 0.2) is 80.5 Å². The molecule has 5 heteroatoms. The van der Waals surface area contributed by atoms with Gasteiger partial charge in [0.2, 0.25) is 9.84 Å². The number of hydrogen-bond acceptors (Lipinski definition) is 3. The summed E-state index contributed by atoms with van der Waals surface area (Å²) in [5.74, 6) is 0. The molecule has 2 aromatic rings. The van der Waals surface area contributed by atoms with Gasteiger partial charge in [-0.3, -0.25) is 0 Å². The van der Waals surface area contributed by atoms with Gasteiger partial charge in [0.15, 0.2) is 0 Å². The van der Waals surface area contributed by atoms with Crippen molar-refractivity contribution in [1.82, 2.24) is 0 Å². The molecule has 0 aliphatic heterocycles. The first kappa shape index (κ1) is 17.2. The Labute approximate surface area is 144 Å². The lowest BCUT2D eigenvalue weighted by Gasteiger charge is -2.03. The Balaban J connectivity index is 2.40. The Morgan fingerprint density at radius 1 is 1.09 bits per heavy atom. The molecule has 2 rings (SSSR count). The molecule has 0 heterocycles. The average molecular weight is 388 g/mol. The molecule has 0 saturated heterocycles. The van der Waals surface area contributed by atoms with Crippen molar-refractivity contribution in [2.24, 2.45) is 0 Å². The summed E-state index contributed by atoms with van der Waals surface area (Å²) in [6.07, 6.45) is 3.22.